The summed E-state index contributed by atoms with van der Waals surface area (Å²) in [5.41, 5.74) is 29.1. The highest BCUT2D eigenvalue weighted by molar-refractivity contribution is 5.94. The minimum atomic E-state index is -0.423. The summed E-state index contributed by atoms with van der Waals surface area (Å²) in [6.45, 7) is 2.18. The van der Waals surface area contributed by atoms with Gasteiger partial charge in [-0.25, -0.2) is 9.97 Å². The highest BCUT2D eigenvalue weighted by atomic mass is 14.8. The molecule has 4 aromatic heterocycles. The quantitative estimate of drug-likeness (QED) is 0.136. The molecule has 282 valence electrons. The van der Waals surface area contributed by atoms with Crippen LogP contribution in [0, 0.1) is 0 Å². The molecule has 2 unspecified atom stereocenters. The van der Waals surface area contributed by atoms with Crippen LogP contribution in [-0.2, 0) is 12.8 Å². The fourth-order valence-corrected chi connectivity index (χ4v) is 7.93. The van der Waals surface area contributed by atoms with E-state index in [1.54, 1.807) is 0 Å². The van der Waals surface area contributed by atoms with Crippen LogP contribution in [-0.4, -0.2) is 19.9 Å². The topological polar surface area (TPSA) is 104 Å². The number of benzene rings is 5. The Balaban J connectivity index is 1.01. The van der Waals surface area contributed by atoms with Crippen LogP contribution in [0.4, 0.5) is 0 Å². The van der Waals surface area contributed by atoms with Gasteiger partial charge in [-0.05, 0) is 58.5 Å². The molecule has 5 aromatic carbocycles. The van der Waals surface area contributed by atoms with Crippen LogP contribution in [0.2, 0.25) is 0 Å². The minimum Gasteiger partial charge on any atom is -0.322 e. The Bertz CT molecular complexity index is 2820. The maximum Gasteiger partial charge on any atom is 0.0788 e. The van der Waals surface area contributed by atoms with Crippen molar-refractivity contribution in [3.05, 3.63) is 204 Å². The van der Waals surface area contributed by atoms with Gasteiger partial charge in [-0.3, -0.25) is 9.97 Å². The lowest BCUT2D eigenvalue weighted by atomic mass is 9.91. The van der Waals surface area contributed by atoms with Gasteiger partial charge in [-0.1, -0.05) is 153 Å². The zero-order valence-electron chi connectivity index (χ0n) is 32.5. The van der Waals surface area contributed by atoms with Crippen molar-refractivity contribution in [3.8, 4) is 44.8 Å². The van der Waals surface area contributed by atoms with Crippen molar-refractivity contribution < 1.29 is 0 Å². The van der Waals surface area contributed by atoms with Crippen LogP contribution in [0.5, 0.6) is 0 Å². The van der Waals surface area contributed by atoms with Crippen LogP contribution >= 0.6 is 0 Å². The van der Waals surface area contributed by atoms with E-state index in [1.165, 1.54) is 5.56 Å². The number of nitrogens with zero attached hydrogens (tertiary/aromatic N) is 4. The number of hydrogen-bond acceptors (Lipinski definition) is 6. The van der Waals surface area contributed by atoms with Crippen molar-refractivity contribution in [2.75, 3.05) is 0 Å². The predicted molar refractivity (Wildman–Crippen MR) is 238 cm³/mol. The molecule has 0 spiro atoms. The second-order valence-corrected chi connectivity index (χ2v) is 14.9. The third-order valence-corrected chi connectivity index (χ3v) is 11.0. The van der Waals surface area contributed by atoms with Gasteiger partial charge >= 0.3 is 0 Å². The molecule has 4 heterocycles. The Labute approximate surface area is 339 Å². The summed E-state index contributed by atoms with van der Waals surface area (Å²) in [7, 11) is 0. The molecule has 6 heteroatoms. The Morgan fingerprint density at radius 1 is 0.466 bits per heavy atom. The number of nitrogens with two attached hydrogens (primary N) is 2. The van der Waals surface area contributed by atoms with Gasteiger partial charge in [0.25, 0.3) is 0 Å². The number of hydrogen-bond donors (Lipinski definition) is 2. The van der Waals surface area contributed by atoms with Crippen LogP contribution in [0.25, 0.3) is 66.6 Å². The molecule has 0 radical (unpaired) electrons. The van der Waals surface area contributed by atoms with Crippen molar-refractivity contribution in [1.29, 1.82) is 0 Å². The highest BCUT2D eigenvalue weighted by Gasteiger charge is 2.20. The second-order valence-electron chi connectivity index (χ2n) is 14.9. The summed E-state index contributed by atoms with van der Waals surface area (Å²) in [6, 6.07) is 55.7. The molecule has 9 rings (SSSR count). The molecular formula is C52H44N6. The molecule has 0 saturated carbocycles. The molecule has 0 amide bonds. The average Bonchev–Trinajstić information content (AvgIpc) is 3.29. The zero-order chi connectivity index (χ0) is 39.4. The molecule has 0 bridgehead atoms. The Morgan fingerprint density at radius 2 is 0.897 bits per heavy atom. The van der Waals surface area contributed by atoms with Gasteiger partial charge in [-0.15, -0.1) is 0 Å². The third kappa shape index (κ3) is 7.39. The molecule has 58 heavy (non-hydrogen) atoms. The predicted octanol–water partition coefficient (Wildman–Crippen LogP) is 11.5. The largest absolute Gasteiger partial charge is 0.322 e. The molecule has 4 N–H and O–H groups in total. The molecule has 0 aliphatic carbocycles. The van der Waals surface area contributed by atoms with Crippen LogP contribution in [0.15, 0.2) is 176 Å². The number of aromatic nitrogens is 4. The first-order valence-electron chi connectivity index (χ1n) is 20.0. The van der Waals surface area contributed by atoms with Gasteiger partial charge in [0.2, 0.25) is 0 Å². The smallest absolute Gasteiger partial charge is 0.0788 e. The first kappa shape index (κ1) is 36.8. The standard InChI is InChI=1S/C52H44N6/c1-2-12-45-43-32-41(35-15-8-4-9-16-35)51(57-46(43)27-29-55-45)39-23-19-37(20-24-39)49(53)50(54)38-21-25-40(26-22-38)52-42(36-17-10-5-11-18-36)33-44-47(58-52)28-30-56-48(44)31-34-13-6-3-7-14-34/h3-11,13-30,32-33,49-50H,2,12,31,53-54H2,1H3. The molecule has 0 aliphatic heterocycles. The van der Waals surface area contributed by atoms with Gasteiger partial charge in [-0.2, -0.15) is 0 Å². The summed E-state index contributed by atoms with van der Waals surface area (Å²) in [5, 5.41) is 2.15. The Morgan fingerprint density at radius 3 is 1.36 bits per heavy atom. The third-order valence-electron chi connectivity index (χ3n) is 11.0. The summed E-state index contributed by atoms with van der Waals surface area (Å²) in [4.78, 5) is 20.0. The molecule has 0 aliphatic rings. The maximum absolute atomic E-state index is 6.92. The normalized spacial score (nSPS) is 12.5. The lowest BCUT2D eigenvalue weighted by Gasteiger charge is -2.22. The molecule has 9 aromatic rings. The number of pyridine rings is 4. The van der Waals surface area contributed by atoms with Crippen LogP contribution in [0.3, 0.4) is 0 Å². The van der Waals surface area contributed by atoms with Gasteiger partial charge in [0.15, 0.2) is 0 Å². The van der Waals surface area contributed by atoms with E-state index in [0.29, 0.717) is 0 Å². The van der Waals surface area contributed by atoms with Crippen LogP contribution < -0.4 is 11.5 Å². The van der Waals surface area contributed by atoms with Crippen molar-refractivity contribution in [1.82, 2.24) is 19.9 Å². The van der Waals surface area contributed by atoms with Crippen molar-refractivity contribution in [2.45, 2.75) is 38.3 Å². The molecular weight excluding hydrogens is 709 g/mol. The van der Waals surface area contributed by atoms with E-state index < -0.39 is 12.1 Å². The van der Waals surface area contributed by atoms with E-state index in [0.717, 1.165) is 108 Å². The fourth-order valence-electron chi connectivity index (χ4n) is 7.93. The SMILES string of the molecule is CCCc1nccc2nc(-c3ccc(C(N)C(N)c4ccc(-c5nc6ccnc(Cc7ccccc7)c6cc5-c5ccccc5)cc4)cc3)c(-c3ccccc3)cc12. The van der Waals surface area contributed by atoms with E-state index in [2.05, 4.69) is 140 Å². The van der Waals surface area contributed by atoms with Gasteiger partial charge in [0.05, 0.1) is 28.1 Å². The van der Waals surface area contributed by atoms with Crippen molar-refractivity contribution in [3.63, 3.8) is 0 Å². The fraction of sp³-hybridized carbons (Fsp3) is 0.115. The highest BCUT2D eigenvalue weighted by Crippen LogP contribution is 2.37. The van der Waals surface area contributed by atoms with E-state index >= 15 is 0 Å². The number of fused-ring (bicyclic) bond motifs is 2. The average molecular weight is 753 g/mol. The van der Waals surface area contributed by atoms with Crippen LogP contribution in [0.1, 0.15) is 53.5 Å². The monoisotopic (exact) mass is 752 g/mol. The minimum absolute atomic E-state index is 0.421. The summed E-state index contributed by atoms with van der Waals surface area (Å²) in [6.07, 6.45) is 6.38. The van der Waals surface area contributed by atoms with Gasteiger partial charge < -0.3 is 11.5 Å². The first-order valence-corrected chi connectivity index (χ1v) is 20.0. The lowest BCUT2D eigenvalue weighted by molar-refractivity contribution is 0.574. The van der Waals surface area contributed by atoms with Crippen molar-refractivity contribution >= 4 is 21.8 Å². The van der Waals surface area contributed by atoms with E-state index in [-0.39, 0.29) is 0 Å². The maximum atomic E-state index is 6.92. The van der Waals surface area contributed by atoms with E-state index in [4.69, 9.17) is 31.4 Å². The van der Waals surface area contributed by atoms with E-state index in [1.807, 2.05) is 42.7 Å². The van der Waals surface area contributed by atoms with E-state index in [9.17, 15) is 0 Å². The number of rotatable bonds is 11. The van der Waals surface area contributed by atoms with Gasteiger partial charge in [0.1, 0.15) is 0 Å². The zero-order valence-corrected chi connectivity index (χ0v) is 32.5. The second kappa shape index (κ2) is 16.3. The van der Waals surface area contributed by atoms with Crippen molar-refractivity contribution in [2.24, 2.45) is 11.5 Å². The first-order chi connectivity index (χ1) is 28.5. The summed E-state index contributed by atoms with van der Waals surface area (Å²) >= 11 is 0. The molecule has 0 fully saturated rings. The molecule has 2 atom stereocenters. The summed E-state index contributed by atoms with van der Waals surface area (Å²) in [5.74, 6) is 0. The Hall–Kier alpha value is -6.86. The molecule has 6 nitrogen and oxygen atoms in total. The molecule has 0 saturated heterocycles. The lowest BCUT2D eigenvalue weighted by Crippen LogP contribution is -2.26. The van der Waals surface area contributed by atoms with Gasteiger partial charge in [0, 0.05) is 69.6 Å². The Kier molecular flexibility index (Phi) is 10.3. The number of aryl methyl sites for hydroxylation is 1. The summed E-state index contributed by atoms with van der Waals surface area (Å²) < 4.78 is 0.